The van der Waals surface area contributed by atoms with Gasteiger partial charge in [0.1, 0.15) is 0 Å². The number of hydrogen-bond acceptors (Lipinski definition) is 4. The molecule has 0 fully saturated rings. The molecule has 0 saturated heterocycles. The summed E-state index contributed by atoms with van der Waals surface area (Å²) in [6.07, 6.45) is 2.24. The molecule has 0 saturated carbocycles. The Balaban J connectivity index is 2.13. The quantitative estimate of drug-likeness (QED) is 0.710. The van der Waals surface area contributed by atoms with Gasteiger partial charge in [-0.3, -0.25) is 14.6 Å². The summed E-state index contributed by atoms with van der Waals surface area (Å²) in [5.41, 5.74) is 11.2. The van der Waals surface area contributed by atoms with Gasteiger partial charge in [-0.15, -0.1) is 11.3 Å². The highest BCUT2D eigenvalue weighted by Crippen LogP contribution is 2.31. The van der Waals surface area contributed by atoms with Crippen LogP contribution in [-0.2, 0) is 11.2 Å². The molecule has 7 heteroatoms. The van der Waals surface area contributed by atoms with Gasteiger partial charge < -0.3 is 15.4 Å². The molecule has 0 spiro atoms. The van der Waals surface area contributed by atoms with Gasteiger partial charge in [0.15, 0.2) is 0 Å². The van der Waals surface area contributed by atoms with Gasteiger partial charge >= 0.3 is 5.97 Å². The molecule has 2 aromatic heterocycles. The number of hydrogen-bond donors (Lipinski definition) is 2. The molecule has 3 rings (SSSR count). The zero-order chi connectivity index (χ0) is 18.0. The lowest BCUT2D eigenvalue weighted by molar-refractivity contribution is -0.136. The normalized spacial score (nSPS) is 10.8. The number of carbonyl (C=O) groups is 2. The number of aromatic nitrogens is 2. The Morgan fingerprint density at radius 3 is 2.68 bits per heavy atom. The lowest BCUT2D eigenvalue weighted by atomic mass is 10.1. The van der Waals surface area contributed by atoms with Crippen LogP contribution in [0.1, 0.15) is 28.0 Å². The van der Waals surface area contributed by atoms with Crippen LogP contribution < -0.4 is 5.73 Å². The van der Waals surface area contributed by atoms with E-state index in [1.54, 1.807) is 23.8 Å². The Kier molecular flexibility index (Phi) is 4.67. The number of nitrogens with zero attached hydrogens (tertiary/aromatic N) is 2. The predicted molar refractivity (Wildman–Crippen MR) is 96.1 cm³/mol. The highest BCUT2D eigenvalue weighted by Gasteiger charge is 2.16. The van der Waals surface area contributed by atoms with Crippen LogP contribution >= 0.6 is 11.3 Å². The van der Waals surface area contributed by atoms with E-state index in [-0.39, 0.29) is 6.42 Å². The molecular weight excluding hydrogens is 338 g/mol. The van der Waals surface area contributed by atoms with Crippen LogP contribution in [0.25, 0.3) is 16.3 Å². The maximum atomic E-state index is 11.4. The number of amides is 1. The van der Waals surface area contributed by atoms with Crippen LogP contribution in [0.3, 0.4) is 0 Å². The van der Waals surface area contributed by atoms with E-state index in [4.69, 9.17) is 10.8 Å². The van der Waals surface area contributed by atoms with Crippen LogP contribution in [0.5, 0.6) is 0 Å². The lowest BCUT2D eigenvalue weighted by Crippen LogP contribution is -2.12. The van der Waals surface area contributed by atoms with E-state index in [1.807, 2.05) is 29.7 Å². The van der Waals surface area contributed by atoms with Crippen molar-refractivity contribution in [1.82, 2.24) is 9.55 Å². The summed E-state index contributed by atoms with van der Waals surface area (Å²) < 4.78 is 2.02. The van der Waals surface area contributed by atoms with Crippen molar-refractivity contribution < 1.29 is 14.7 Å². The van der Waals surface area contributed by atoms with Gasteiger partial charge in [0.2, 0.25) is 5.91 Å². The summed E-state index contributed by atoms with van der Waals surface area (Å²) in [5.74, 6) is -1.32. The van der Waals surface area contributed by atoms with Gasteiger partial charge in [-0.25, -0.2) is 0 Å². The standard InChI is InChI=1S/C18H17N3O3S/c1-11-8-12(18(19)24)2-5-14(11)21-13(4-7-17(22)23)3-6-15(21)16-9-20-10-25-16/h2-3,5-6,8-10H,4,7H2,1H3,(H2,19,24)(H,22,23). The summed E-state index contributed by atoms with van der Waals surface area (Å²) >= 11 is 1.51. The second-order valence-corrected chi connectivity index (χ2v) is 6.56. The first-order valence-corrected chi connectivity index (χ1v) is 8.57. The lowest BCUT2D eigenvalue weighted by Gasteiger charge is -2.16. The zero-order valence-electron chi connectivity index (χ0n) is 13.6. The third kappa shape index (κ3) is 3.46. The summed E-state index contributed by atoms with van der Waals surface area (Å²) in [6, 6.07) is 9.16. The maximum Gasteiger partial charge on any atom is 0.303 e. The van der Waals surface area contributed by atoms with Crippen molar-refractivity contribution in [2.24, 2.45) is 5.73 Å². The number of carboxylic acids is 1. The second-order valence-electron chi connectivity index (χ2n) is 5.67. The topological polar surface area (TPSA) is 98.2 Å². The second kappa shape index (κ2) is 6.90. The Labute approximate surface area is 148 Å². The Bertz CT molecular complexity index is 929. The number of carboxylic acid groups (broad SMARTS) is 1. The molecular formula is C18H17N3O3S. The number of carbonyl (C=O) groups excluding carboxylic acids is 1. The highest BCUT2D eigenvalue weighted by molar-refractivity contribution is 7.13. The fourth-order valence-electron chi connectivity index (χ4n) is 2.79. The number of nitrogens with two attached hydrogens (primary N) is 1. The molecule has 25 heavy (non-hydrogen) atoms. The average Bonchev–Trinajstić information content (AvgIpc) is 3.21. The third-order valence-electron chi connectivity index (χ3n) is 3.96. The predicted octanol–water partition coefficient (Wildman–Crippen LogP) is 3.03. The molecule has 0 atom stereocenters. The molecule has 1 amide bonds. The monoisotopic (exact) mass is 355 g/mol. The van der Waals surface area contributed by atoms with E-state index in [2.05, 4.69) is 4.98 Å². The van der Waals surface area contributed by atoms with E-state index in [0.29, 0.717) is 12.0 Å². The van der Waals surface area contributed by atoms with Gasteiger partial charge in [-0.1, -0.05) is 0 Å². The number of thiazole rings is 1. The largest absolute Gasteiger partial charge is 0.481 e. The molecule has 0 aliphatic rings. The van der Waals surface area contributed by atoms with Crippen LogP contribution in [0.15, 0.2) is 42.0 Å². The minimum Gasteiger partial charge on any atom is -0.481 e. The van der Waals surface area contributed by atoms with Crippen molar-refractivity contribution in [1.29, 1.82) is 0 Å². The van der Waals surface area contributed by atoms with E-state index in [0.717, 1.165) is 27.5 Å². The van der Waals surface area contributed by atoms with Crippen LogP contribution in [0.2, 0.25) is 0 Å². The van der Waals surface area contributed by atoms with Crippen molar-refractivity contribution in [3.63, 3.8) is 0 Å². The first-order valence-electron chi connectivity index (χ1n) is 7.69. The molecule has 0 radical (unpaired) electrons. The molecule has 128 valence electrons. The number of primary amides is 1. The van der Waals surface area contributed by atoms with Gasteiger partial charge in [0.05, 0.1) is 22.5 Å². The van der Waals surface area contributed by atoms with Crippen molar-refractivity contribution >= 4 is 23.2 Å². The van der Waals surface area contributed by atoms with E-state index in [9.17, 15) is 9.59 Å². The number of aryl methyl sites for hydroxylation is 2. The summed E-state index contributed by atoms with van der Waals surface area (Å²) in [4.78, 5) is 27.5. The van der Waals surface area contributed by atoms with Gasteiger partial charge in [-0.05, 0) is 49.2 Å². The van der Waals surface area contributed by atoms with Crippen molar-refractivity contribution in [2.45, 2.75) is 19.8 Å². The number of rotatable bonds is 6. The summed E-state index contributed by atoms with van der Waals surface area (Å²) in [6.45, 7) is 1.90. The zero-order valence-corrected chi connectivity index (χ0v) is 14.4. The van der Waals surface area contributed by atoms with E-state index < -0.39 is 11.9 Å². The molecule has 0 aliphatic carbocycles. The average molecular weight is 355 g/mol. The van der Waals surface area contributed by atoms with Crippen LogP contribution in [-0.4, -0.2) is 26.5 Å². The molecule has 3 N–H and O–H groups in total. The van der Waals surface area contributed by atoms with Crippen molar-refractivity contribution in [2.75, 3.05) is 0 Å². The molecule has 0 aliphatic heterocycles. The molecule has 2 heterocycles. The molecule has 1 aromatic carbocycles. The summed E-state index contributed by atoms with van der Waals surface area (Å²) in [5, 5.41) is 9.01. The van der Waals surface area contributed by atoms with Gasteiger partial charge in [-0.2, -0.15) is 0 Å². The fraction of sp³-hybridized carbons (Fsp3) is 0.167. The number of benzene rings is 1. The van der Waals surface area contributed by atoms with E-state index in [1.165, 1.54) is 11.3 Å². The van der Waals surface area contributed by atoms with Crippen molar-refractivity contribution in [3.05, 3.63) is 58.9 Å². The smallest absolute Gasteiger partial charge is 0.303 e. The first-order chi connectivity index (χ1) is 12.0. The van der Waals surface area contributed by atoms with Crippen LogP contribution in [0, 0.1) is 6.92 Å². The maximum absolute atomic E-state index is 11.4. The Morgan fingerprint density at radius 2 is 2.08 bits per heavy atom. The first kappa shape index (κ1) is 16.9. The Morgan fingerprint density at radius 1 is 1.28 bits per heavy atom. The minimum atomic E-state index is -0.840. The SMILES string of the molecule is Cc1cc(C(N)=O)ccc1-n1c(CCC(=O)O)ccc1-c1cncs1. The third-order valence-corrected chi connectivity index (χ3v) is 4.76. The van der Waals surface area contributed by atoms with Crippen LogP contribution in [0.4, 0.5) is 0 Å². The minimum absolute atomic E-state index is 0.0462. The molecule has 0 unspecified atom stereocenters. The van der Waals surface area contributed by atoms with Gasteiger partial charge in [0.25, 0.3) is 0 Å². The Hall–Kier alpha value is -2.93. The molecule has 3 aromatic rings. The highest BCUT2D eigenvalue weighted by atomic mass is 32.1. The number of aliphatic carboxylic acids is 1. The van der Waals surface area contributed by atoms with Gasteiger partial charge in [0, 0.05) is 23.1 Å². The van der Waals surface area contributed by atoms with Crippen molar-refractivity contribution in [3.8, 4) is 16.3 Å². The summed E-state index contributed by atoms with van der Waals surface area (Å²) in [7, 11) is 0. The molecule has 0 bridgehead atoms. The molecule has 6 nitrogen and oxygen atoms in total. The fourth-order valence-corrected chi connectivity index (χ4v) is 3.42. The van der Waals surface area contributed by atoms with E-state index >= 15 is 0 Å².